The molecule has 126 valence electrons. The van der Waals surface area contributed by atoms with Gasteiger partial charge in [0.1, 0.15) is 0 Å². The van der Waals surface area contributed by atoms with Crippen molar-refractivity contribution in [3.05, 3.63) is 36.5 Å². The Labute approximate surface area is 130 Å². The average molecular weight is 316 g/mol. The van der Waals surface area contributed by atoms with Gasteiger partial charge in [0, 0.05) is 29.7 Å². The van der Waals surface area contributed by atoms with Crippen LogP contribution in [0.25, 0.3) is 0 Å². The first-order chi connectivity index (χ1) is 9.97. The van der Waals surface area contributed by atoms with Gasteiger partial charge in [0.2, 0.25) is 0 Å². The van der Waals surface area contributed by atoms with Gasteiger partial charge in [0.05, 0.1) is 6.61 Å². The predicted molar refractivity (Wildman–Crippen MR) is 82.4 cm³/mol. The molecule has 0 fully saturated rings. The number of carbonyl (C=O) groups is 3. The van der Waals surface area contributed by atoms with Gasteiger partial charge >= 0.3 is 17.9 Å². The van der Waals surface area contributed by atoms with Gasteiger partial charge in [-0.25, -0.2) is 14.4 Å². The standard InChI is InChI=1S/C7H12O3.2C4H6O2/c1-6(2)7(9)10-5-3-4-8;2*1-3(2)4(5)6/h8H,1,3-5H2,2H3;2*1H2,2H3,(H,5,6). The summed E-state index contributed by atoms with van der Waals surface area (Å²) in [6.07, 6.45) is 0.485. The van der Waals surface area contributed by atoms with E-state index in [1.807, 2.05) is 0 Å². The molecule has 0 aromatic carbocycles. The van der Waals surface area contributed by atoms with Crippen LogP contribution in [0.4, 0.5) is 0 Å². The van der Waals surface area contributed by atoms with Crippen molar-refractivity contribution in [1.29, 1.82) is 0 Å². The number of hydrogen-bond acceptors (Lipinski definition) is 5. The highest BCUT2D eigenvalue weighted by Gasteiger charge is 2.00. The van der Waals surface area contributed by atoms with Crippen molar-refractivity contribution in [2.45, 2.75) is 27.2 Å². The van der Waals surface area contributed by atoms with Crippen LogP contribution in [-0.2, 0) is 19.1 Å². The molecule has 0 aromatic heterocycles. The highest BCUT2D eigenvalue weighted by Crippen LogP contribution is 1.92. The van der Waals surface area contributed by atoms with Crippen LogP contribution < -0.4 is 0 Å². The van der Waals surface area contributed by atoms with Gasteiger partial charge in [0.15, 0.2) is 0 Å². The minimum atomic E-state index is -0.935. The lowest BCUT2D eigenvalue weighted by molar-refractivity contribution is -0.139. The van der Waals surface area contributed by atoms with Gasteiger partial charge in [0.25, 0.3) is 0 Å². The molecular weight excluding hydrogens is 292 g/mol. The summed E-state index contributed by atoms with van der Waals surface area (Å²) in [4.78, 5) is 29.8. The third-order valence-corrected chi connectivity index (χ3v) is 1.61. The molecule has 0 aromatic rings. The third-order valence-electron chi connectivity index (χ3n) is 1.61. The SMILES string of the molecule is C=C(C)C(=O)O.C=C(C)C(=O)O.C=C(C)C(=O)OCCCO. The smallest absolute Gasteiger partial charge is 0.333 e. The fourth-order valence-corrected chi connectivity index (χ4v) is 0.353. The Morgan fingerprint density at radius 3 is 1.36 bits per heavy atom. The monoisotopic (exact) mass is 316 g/mol. The van der Waals surface area contributed by atoms with Gasteiger partial charge < -0.3 is 20.1 Å². The van der Waals surface area contributed by atoms with E-state index in [0.717, 1.165) is 0 Å². The van der Waals surface area contributed by atoms with Gasteiger partial charge in [-0.15, -0.1) is 0 Å². The molecule has 0 spiro atoms. The molecule has 0 aliphatic heterocycles. The molecule has 0 saturated carbocycles. The van der Waals surface area contributed by atoms with E-state index >= 15 is 0 Å². The molecule has 0 aliphatic rings. The van der Waals surface area contributed by atoms with Crippen LogP contribution in [0.3, 0.4) is 0 Å². The van der Waals surface area contributed by atoms with Crippen LogP contribution in [0.1, 0.15) is 27.2 Å². The molecule has 0 radical (unpaired) electrons. The molecule has 0 bridgehead atoms. The van der Waals surface area contributed by atoms with Gasteiger partial charge in [-0.2, -0.15) is 0 Å². The average Bonchev–Trinajstić information content (AvgIpc) is 2.39. The van der Waals surface area contributed by atoms with Crippen molar-refractivity contribution < 1.29 is 34.4 Å². The topological polar surface area (TPSA) is 121 Å². The number of esters is 1. The zero-order valence-electron chi connectivity index (χ0n) is 13.2. The maximum absolute atomic E-state index is 10.6. The Kier molecular flexibility index (Phi) is 16.8. The van der Waals surface area contributed by atoms with Crippen LogP contribution in [0.15, 0.2) is 36.5 Å². The molecule has 3 N–H and O–H groups in total. The number of rotatable bonds is 6. The number of carboxylic acids is 2. The number of carboxylic acid groups (broad SMARTS) is 2. The molecule has 0 amide bonds. The lowest BCUT2D eigenvalue weighted by atomic mass is 10.4. The number of aliphatic carboxylic acids is 2. The first kappa shape index (κ1) is 24.6. The largest absolute Gasteiger partial charge is 0.478 e. The minimum Gasteiger partial charge on any atom is -0.478 e. The summed E-state index contributed by atoms with van der Waals surface area (Å²) >= 11 is 0. The fraction of sp³-hybridized carbons (Fsp3) is 0.400. The second-order valence-electron chi connectivity index (χ2n) is 4.16. The van der Waals surface area contributed by atoms with Gasteiger partial charge in [-0.3, -0.25) is 0 Å². The van der Waals surface area contributed by atoms with Crippen molar-refractivity contribution in [3.63, 3.8) is 0 Å². The van der Waals surface area contributed by atoms with E-state index in [1.165, 1.54) is 13.8 Å². The van der Waals surface area contributed by atoms with Crippen LogP contribution in [0.2, 0.25) is 0 Å². The van der Waals surface area contributed by atoms with Crippen LogP contribution in [0.5, 0.6) is 0 Å². The van der Waals surface area contributed by atoms with E-state index in [2.05, 4.69) is 24.5 Å². The normalized spacial score (nSPS) is 8.18. The highest BCUT2D eigenvalue weighted by atomic mass is 16.5. The molecule has 0 aliphatic carbocycles. The minimum absolute atomic E-state index is 0.0451. The van der Waals surface area contributed by atoms with Crippen LogP contribution in [0, 0.1) is 0 Å². The number of hydrogen-bond donors (Lipinski definition) is 3. The molecule has 0 rings (SSSR count). The molecule has 7 heteroatoms. The van der Waals surface area contributed by atoms with Crippen LogP contribution >= 0.6 is 0 Å². The fourth-order valence-electron chi connectivity index (χ4n) is 0.353. The number of carbonyl (C=O) groups excluding carboxylic acids is 1. The molecule has 0 saturated heterocycles. The summed E-state index contributed by atoms with van der Waals surface area (Å²) in [5.74, 6) is -2.27. The van der Waals surface area contributed by atoms with Gasteiger partial charge in [-0.1, -0.05) is 19.7 Å². The molecule has 22 heavy (non-hydrogen) atoms. The summed E-state index contributed by atoms with van der Waals surface area (Å²) < 4.78 is 4.65. The van der Waals surface area contributed by atoms with Crippen molar-refractivity contribution in [2.24, 2.45) is 0 Å². The quantitative estimate of drug-likeness (QED) is 0.388. The summed E-state index contributed by atoms with van der Waals surface area (Å²) in [5.41, 5.74) is 0.739. The Hall–Kier alpha value is -2.41. The molecule has 7 nitrogen and oxygen atoms in total. The second kappa shape index (κ2) is 15.0. The Morgan fingerprint density at radius 1 is 0.864 bits per heavy atom. The summed E-state index contributed by atoms with van der Waals surface area (Å²) in [5, 5.41) is 24.1. The molecule has 0 atom stereocenters. The van der Waals surface area contributed by atoms with E-state index in [0.29, 0.717) is 12.0 Å². The summed E-state index contributed by atoms with van der Waals surface area (Å²) in [6.45, 7) is 14.5. The Bertz CT molecular complexity index is 374. The second-order valence-corrected chi connectivity index (χ2v) is 4.16. The lowest BCUT2D eigenvalue weighted by Gasteiger charge is -2.00. The molecule has 0 heterocycles. The van der Waals surface area contributed by atoms with E-state index < -0.39 is 17.9 Å². The Balaban J connectivity index is -0.000000261. The molecular formula is C15H24O7. The number of ether oxygens (including phenoxy) is 1. The third kappa shape index (κ3) is 22.7. The maximum Gasteiger partial charge on any atom is 0.333 e. The lowest BCUT2D eigenvalue weighted by Crippen LogP contribution is -2.06. The predicted octanol–water partition coefficient (Wildman–Crippen LogP) is 1.78. The number of aliphatic hydroxyl groups excluding tert-OH is 1. The van der Waals surface area contributed by atoms with E-state index in [9.17, 15) is 14.4 Å². The zero-order valence-corrected chi connectivity index (χ0v) is 13.2. The first-order valence-electron chi connectivity index (χ1n) is 6.18. The first-order valence-corrected chi connectivity index (χ1v) is 6.18. The van der Waals surface area contributed by atoms with Crippen LogP contribution in [-0.4, -0.2) is 46.4 Å². The molecule has 0 unspecified atom stereocenters. The van der Waals surface area contributed by atoms with Crippen molar-refractivity contribution in [1.82, 2.24) is 0 Å². The van der Waals surface area contributed by atoms with Gasteiger partial charge in [-0.05, 0) is 20.8 Å². The number of aliphatic hydroxyl groups is 1. The van der Waals surface area contributed by atoms with E-state index in [-0.39, 0.29) is 24.4 Å². The van der Waals surface area contributed by atoms with Crippen molar-refractivity contribution in [2.75, 3.05) is 13.2 Å². The summed E-state index contributed by atoms with van der Waals surface area (Å²) in [7, 11) is 0. The van der Waals surface area contributed by atoms with E-state index in [4.69, 9.17) is 15.3 Å². The highest BCUT2D eigenvalue weighted by molar-refractivity contribution is 5.87. The van der Waals surface area contributed by atoms with Crippen molar-refractivity contribution >= 4 is 17.9 Å². The zero-order chi connectivity index (χ0) is 18.3. The Morgan fingerprint density at radius 2 is 1.18 bits per heavy atom. The maximum atomic E-state index is 10.6. The van der Waals surface area contributed by atoms with E-state index in [1.54, 1.807) is 6.92 Å². The van der Waals surface area contributed by atoms with Crippen molar-refractivity contribution in [3.8, 4) is 0 Å². The summed E-state index contributed by atoms with van der Waals surface area (Å²) in [6, 6.07) is 0.